The zero-order valence-electron chi connectivity index (χ0n) is 18.9. The number of hydrogen-bond donors (Lipinski definition) is 1. The SMILES string of the molecule is CC[C@@H](C)N(CCNC(=O)c1ccc2nc(N3CCOCC3)sc2c1)C1CCCCC1. The van der Waals surface area contributed by atoms with E-state index in [1.807, 2.05) is 18.2 Å². The zero-order valence-corrected chi connectivity index (χ0v) is 19.8. The summed E-state index contributed by atoms with van der Waals surface area (Å²) >= 11 is 1.66. The number of carbonyl (C=O) groups is 1. The van der Waals surface area contributed by atoms with Crippen LogP contribution in [-0.2, 0) is 4.74 Å². The van der Waals surface area contributed by atoms with E-state index in [0.717, 1.165) is 60.2 Å². The van der Waals surface area contributed by atoms with Crippen LogP contribution in [0.1, 0.15) is 62.7 Å². The summed E-state index contributed by atoms with van der Waals surface area (Å²) in [6.45, 7) is 9.45. The first-order chi connectivity index (χ1) is 15.2. The van der Waals surface area contributed by atoms with Crippen LogP contribution in [0.5, 0.6) is 0 Å². The second-order valence-corrected chi connectivity index (χ2v) is 9.83. The molecule has 1 aromatic heterocycles. The number of fused-ring (bicyclic) bond motifs is 1. The van der Waals surface area contributed by atoms with Crippen molar-refractivity contribution in [1.82, 2.24) is 15.2 Å². The standard InChI is InChI=1S/C24H36N4O2S/c1-3-18(2)28(20-7-5-4-6-8-20)12-11-25-23(29)19-9-10-21-22(17-19)31-24(26-21)27-13-15-30-16-14-27/h9-10,17-18,20H,3-8,11-16H2,1-2H3,(H,25,29)/t18-/m1/s1. The predicted molar refractivity (Wildman–Crippen MR) is 128 cm³/mol. The average molecular weight is 445 g/mol. The molecule has 1 saturated heterocycles. The largest absolute Gasteiger partial charge is 0.378 e. The molecule has 1 atom stereocenters. The molecule has 0 radical (unpaired) electrons. The number of nitrogens with zero attached hydrogens (tertiary/aromatic N) is 3. The van der Waals surface area contributed by atoms with Crippen molar-refractivity contribution in [2.45, 2.75) is 64.5 Å². The third kappa shape index (κ3) is 5.57. The van der Waals surface area contributed by atoms with Crippen molar-refractivity contribution in [2.75, 3.05) is 44.3 Å². The first-order valence-corrected chi connectivity index (χ1v) is 12.7. The van der Waals surface area contributed by atoms with E-state index in [9.17, 15) is 4.79 Å². The molecule has 2 fully saturated rings. The second-order valence-electron chi connectivity index (χ2n) is 8.82. The molecule has 2 aliphatic rings. The van der Waals surface area contributed by atoms with Crippen molar-refractivity contribution in [3.05, 3.63) is 23.8 Å². The highest BCUT2D eigenvalue weighted by Crippen LogP contribution is 2.30. The zero-order chi connectivity index (χ0) is 21.6. The number of anilines is 1. The lowest BCUT2D eigenvalue weighted by atomic mass is 9.93. The van der Waals surface area contributed by atoms with Gasteiger partial charge in [-0.1, -0.05) is 37.5 Å². The van der Waals surface area contributed by atoms with Crippen LogP contribution in [-0.4, -0.2) is 67.3 Å². The van der Waals surface area contributed by atoms with E-state index >= 15 is 0 Å². The Labute approximate surface area is 190 Å². The molecular formula is C24H36N4O2S. The van der Waals surface area contributed by atoms with Crippen molar-refractivity contribution in [3.8, 4) is 0 Å². The molecule has 31 heavy (non-hydrogen) atoms. The number of nitrogens with one attached hydrogen (secondary N) is 1. The predicted octanol–water partition coefficient (Wildman–Crippen LogP) is 4.30. The summed E-state index contributed by atoms with van der Waals surface area (Å²) in [5.41, 5.74) is 1.68. The first kappa shape index (κ1) is 22.5. The molecule has 1 saturated carbocycles. The monoisotopic (exact) mass is 444 g/mol. The Morgan fingerprint density at radius 2 is 2.06 bits per heavy atom. The lowest BCUT2D eigenvalue weighted by Crippen LogP contribution is -2.46. The van der Waals surface area contributed by atoms with Gasteiger partial charge in [-0.15, -0.1) is 0 Å². The maximum atomic E-state index is 12.8. The van der Waals surface area contributed by atoms with Gasteiger partial charge in [-0.25, -0.2) is 4.98 Å². The van der Waals surface area contributed by atoms with Crippen LogP contribution in [0.15, 0.2) is 18.2 Å². The number of carbonyl (C=O) groups excluding carboxylic acids is 1. The van der Waals surface area contributed by atoms with Crippen molar-refractivity contribution >= 4 is 32.6 Å². The summed E-state index contributed by atoms with van der Waals surface area (Å²) in [6.07, 6.45) is 7.79. The van der Waals surface area contributed by atoms with Gasteiger partial charge in [0.25, 0.3) is 5.91 Å². The third-order valence-corrected chi connectivity index (χ3v) is 7.86. The smallest absolute Gasteiger partial charge is 0.251 e. The molecule has 170 valence electrons. The van der Waals surface area contributed by atoms with Crippen LogP contribution in [0.4, 0.5) is 5.13 Å². The average Bonchev–Trinajstić information content (AvgIpc) is 3.26. The van der Waals surface area contributed by atoms with Gasteiger partial charge in [-0.3, -0.25) is 9.69 Å². The summed E-state index contributed by atoms with van der Waals surface area (Å²) in [4.78, 5) is 22.5. The second kappa shape index (κ2) is 10.7. The maximum Gasteiger partial charge on any atom is 0.251 e. The molecule has 0 unspecified atom stereocenters. The topological polar surface area (TPSA) is 57.7 Å². The minimum Gasteiger partial charge on any atom is -0.378 e. The molecule has 1 N–H and O–H groups in total. The highest BCUT2D eigenvalue weighted by atomic mass is 32.1. The fraction of sp³-hybridized carbons (Fsp3) is 0.667. The fourth-order valence-corrected chi connectivity index (χ4v) is 5.81. The Morgan fingerprint density at radius 1 is 1.29 bits per heavy atom. The van der Waals surface area contributed by atoms with E-state index in [1.165, 1.54) is 32.1 Å². The van der Waals surface area contributed by atoms with Gasteiger partial charge in [0.15, 0.2) is 5.13 Å². The van der Waals surface area contributed by atoms with Gasteiger partial charge in [-0.05, 0) is 44.4 Å². The fourth-order valence-electron chi connectivity index (χ4n) is 4.75. The van der Waals surface area contributed by atoms with Gasteiger partial charge in [0.1, 0.15) is 0 Å². The quantitative estimate of drug-likeness (QED) is 0.658. The van der Waals surface area contributed by atoms with E-state index in [2.05, 4.69) is 29.0 Å². The Hall–Kier alpha value is -1.70. The summed E-state index contributed by atoms with van der Waals surface area (Å²) in [5, 5.41) is 4.18. The Morgan fingerprint density at radius 3 is 2.81 bits per heavy atom. The lowest BCUT2D eigenvalue weighted by molar-refractivity contribution is 0.0903. The van der Waals surface area contributed by atoms with Gasteiger partial charge in [0.05, 0.1) is 23.4 Å². The van der Waals surface area contributed by atoms with Crippen LogP contribution < -0.4 is 10.2 Å². The number of thiazole rings is 1. The minimum atomic E-state index is 0.0102. The molecule has 0 bridgehead atoms. The van der Waals surface area contributed by atoms with Gasteiger partial charge in [-0.2, -0.15) is 0 Å². The van der Waals surface area contributed by atoms with Crippen LogP contribution in [0.3, 0.4) is 0 Å². The number of amides is 1. The van der Waals surface area contributed by atoms with Crippen LogP contribution in [0.2, 0.25) is 0 Å². The van der Waals surface area contributed by atoms with E-state index in [1.54, 1.807) is 11.3 Å². The van der Waals surface area contributed by atoms with Gasteiger partial charge in [0, 0.05) is 43.8 Å². The number of ether oxygens (including phenoxy) is 1. The first-order valence-electron chi connectivity index (χ1n) is 11.9. The van der Waals surface area contributed by atoms with E-state index < -0.39 is 0 Å². The molecule has 4 rings (SSSR count). The number of rotatable bonds is 8. The van der Waals surface area contributed by atoms with Crippen molar-refractivity contribution in [3.63, 3.8) is 0 Å². The van der Waals surface area contributed by atoms with E-state index in [0.29, 0.717) is 18.6 Å². The van der Waals surface area contributed by atoms with Crippen molar-refractivity contribution in [1.29, 1.82) is 0 Å². The summed E-state index contributed by atoms with van der Waals surface area (Å²) in [6, 6.07) is 7.09. The summed E-state index contributed by atoms with van der Waals surface area (Å²) < 4.78 is 6.51. The molecule has 6 nitrogen and oxygen atoms in total. The highest BCUT2D eigenvalue weighted by Gasteiger charge is 2.24. The number of morpholine rings is 1. The number of benzene rings is 1. The normalized spacial score (nSPS) is 19.1. The Balaban J connectivity index is 1.36. The van der Waals surface area contributed by atoms with Gasteiger partial charge in [0.2, 0.25) is 0 Å². The molecule has 1 aliphatic heterocycles. The van der Waals surface area contributed by atoms with Crippen LogP contribution >= 0.6 is 11.3 Å². The Bertz CT molecular complexity index is 858. The van der Waals surface area contributed by atoms with Gasteiger partial charge >= 0.3 is 0 Å². The minimum absolute atomic E-state index is 0.0102. The van der Waals surface area contributed by atoms with Crippen LogP contribution in [0.25, 0.3) is 10.2 Å². The highest BCUT2D eigenvalue weighted by molar-refractivity contribution is 7.22. The number of hydrogen-bond acceptors (Lipinski definition) is 6. The summed E-state index contributed by atoms with van der Waals surface area (Å²) in [7, 11) is 0. The lowest BCUT2D eigenvalue weighted by Gasteiger charge is -2.38. The molecule has 2 aromatic rings. The maximum absolute atomic E-state index is 12.8. The van der Waals surface area contributed by atoms with Crippen molar-refractivity contribution in [2.24, 2.45) is 0 Å². The molecule has 1 amide bonds. The molecule has 2 heterocycles. The van der Waals surface area contributed by atoms with E-state index in [-0.39, 0.29) is 5.91 Å². The van der Waals surface area contributed by atoms with E-state index in [4.69, 9.17) is 9.72 Å². The van der Waals surface area contributed by atoms with Crippen LogP contribution in [0, 0.1) is 0 Å². The van der Waals surface area contributed by atoms with Gasteiger partial charge < -0.3 is 15.0 Å². The molecule has 1 aromatic carbocycles. The van der Waals surface area contributed by atoms with Crippen molar-refractivity contribution < 1.29 is 9.53 Å². The summed E-state index contributed by atoms with van der Waals surface area (Å²) in [5.74, 6) is 0.0102. The molecular weight excluding hydrogens is 408 g/mol. The molecule has 1 aliphatic carbocycles. The Kier molecular flexibility index (Phi) is 7.80. The number of aromatic nitrogens is 1. The molecule has 0 spiro atoms. The molecule has 7 heteroatoms. The third-order valence-electron chi connectivity index (χ3n) is 6.78.